The van der Waals surface area contributed by atoms with Crippen LogP contribution in [-0.4, -0.2) is 14.2 Å². The molecule has 0 spiro atoms. The smallest absolute Gasteiger partial charge is 0.141 e. The fourth-order valence-corrected chi connectivity index (χ4v) is 3.71. The Morgan fingerprint density at radius 3 is 2.33 bits per heavy atom. The van der Waals surface area contributed by atoms with Gasteiger partial charge in [-0.3, -0.25) is 0 Å². The van der Waals surface area contributed by atoms with Crippen molar-refractivity contribution in [3.05, 3.63) is 55.4 Å². The van der Waals surface area contributed by atoms with Crippen LogP contribution in [-0.2, 0) is 0 Å². The van der Waals surface area contributed by atoms with Gasteiger partial charge >= 0.3 is 0 Å². The molecule has 2 rings (SSSR count). The summed E-state index contributed by atoms with van der Waals surface area (Å²) in [6, 6.07) is 9.37. The highest BCUT2D eigenvalue weighted by atomic mass is 79.9. The molecule has 0 aliphatic carbocycles. The molecule has 1 atom stereocenters. The number of alkyl halides is 1. The molecule has 0 radical (unpaired) electrons. The molecule has 0 aliphatic heterocycles. The van der Waals surface area contributed by atoms with Gasteiger partial charge in [-0.15, -0.1) is 11.6 Å². The zero-order chi connectivity index (χ0) is 15.6. The third kappa shape index (κ3) is 3.34. The highest BCUT2D eigenvalue weighted by molar-refractivity contribution is 9.11. The first kappa shape index (κ1) is 16.9. The Bertz CT molecular complexity index is 662. The summed E-state index contributed by atoms with van der Waals surface area (Å²) in [6.45, 7) is 0. The lowest BCUT2D eigenvalue weighted by molar-refractivity contribution is 0.386. The summed E-state index contributed by atoms with van der Waals surface area (Å²) in [5, 5.41) is 0.152. The Hall–Kier alpha value is -0.420. The molecule has 0 heterocycles. The number of rotatable bonds is 4. The Balaban J connectivity index is 2.56. The Labute approximate surface area is 150 Å². The van der Waals surface area contributed by atoms with Crippen LogP contribution in [0.25, 0.3) is 0 Å². The third-order valence-corrected chi connectivity index (χ3v) is 5.58. The lowest BCUT2D eigenvalue weighted by Crippen LogP contribution is -2.00. The number of hydrogen-bond acceptors (Lipinski definition) is 2. The summed E-state index contributed by atoms with van der Waals surface area (Å²) >= 11 is 19.8. The molecule has 112 valence electrons. The van der Waals surface area contributed by atoms with Gasteiger partial charge in [-0.1, -0.05) is 23.7 Å². The average Bonchev–Trinajstić information content (AvgIpc) is 2.49. The van der Waals surface area contributed by atoms with Gasteiger partial charge in [-0.25, -0.2) is 0 Å². The van der Waals surface area contributed by atoms with Crippen LogP contribution >= 0.6 is 55.1 Å². The first-order chi connectivity index (χ1) is 10.0. The number of hydrogen-bond donors (Lipinski definition) is 0. The van der Waals surface area contributed by atoms with Crippen molar-refractivity contribution in [2.75, 3.05) is 14.2 Å². The van der Waals surface area contributed by atoms with E-state index in [2.05, 4.69) is 31.9 Å². The number of ether oxygens (including phenoxy) is 2. The molecule has 6 heteroatoms. The van der Waals surface area contributed by atoms with E-state index < -0.39 is 5.38 Å². The predicted octanol–water partition coefficient (Wildman–Crippen LogP) is 6.21. The molecule has 2 aromatic rings. The number of methoxy groups -OCH3 is 2. The lowest BCUT2D eigenvalue weighted by atomic mass is 10.0. The highest BCUT2D eigenvalue weighted by Gasteiger charge is 2.22. The van der Waals surface area contributed by atoms with Crippen LogP contribution in [0.4, 0.5) is 0 Å². The van der Waals surface area contributed by atoms with Gasteiger partial charge in [0.2, 0.25) is 0 Å². The zero-order valence-corrected chi connectivity index (χ0v) is 16.0. The van der Waals surface area contributed by atoms with E-state index in [9.17, 15) is 0 Å². The Kier molecular flexibility index (Phi) is 5.83. The first-order valence-electron chi connectivity index (χ1n) is 5.99. The molecule has 0 aliphatic rings. The minimum Gasteiger partial charge on any atom is -0.495 e. The monoisotopic (exact) mass is 452 g/mol. The third-order valence-electron chi connectivity index (χ3n) is 3.04. The van der Waals surface area contributed by atoms with Gasteiger partial charge in [0.05, 0.1) is 24.6 Å². The minimum absolute atomic E-state index is 0.438. The van der Waals surface area contributed by atoms with Crippen LogP contribution in [0.3, 0.4) is 0 Å². The normalized spacial score (nSPS) is 12.1. The highest BCUT2D eigenvalue weighted by Crippen LogP contribution is 2.45. The van der Waals surface area contributed by atoms with Crippen molar-refractivity contribution in [1.82, 2.24) is 0 Å². The average molecular weight is 455 g/mol. The molecule has 0 aromatic heterocycles. The van der Waals surface area contributed by atoms with E-state index >= 15 is 0 Å². The van der Waals surface area contributed by atoms with Crippen LogP contribution in [0.1, 0.15) is 16.5 Å². The number of halogens is 4. The van der Waals surface area contributed by atoms with Gasteiger partial charge in [0, 0.05) is 10.0 Å². The number of benzene rings is 2. The van der Waals surface area contributed by atoms with Crippen molar-refractivity contribution in [3.63, 3.8) is 0 Å². The Morgan fingerprint density at radius 2 is 1.71 bits per heavy atom. The molecule has 0 saturated heterocycles. The van der Waals surface area contributed by atoms with Crippen molar-refractivity contribution in [2.24, 2.45) is 0 Å². The summed E-state index contributed by atoms with van der Waals surface area (Å²) in [4.78, 5) is 0. The molecule has 2 nitrogen and oxygen atoms in total. The summed E-state index contributed by atoms with van der Waals surface area (Å²) in [6.07, 6.45) is 0. The summed E-state index contributed by atoms with van der Waals surface area (Å²) < 4.78 is 12.3. The standard InChI is InChI=1S/C15H12Br2Cl2O2/c1-20-11-7-6-9(15(21-2)12(11)17)13(18)8-4-3-5-10(16)14(8)19/h3-7,13H,1-2H3. The molecule has 0 N–H and O–H groups in total. The van der Waals surface area contributed by atoms with E-state index in [4.69, 9.17) is 32.7 Å². The van der Waals surface area contributed by atoms with Crippen molar-refractivity contribution < 1.29 is 9.47 Å². The quantitative estimate of drug-likeness (QED) is 0.511. The SMILES string of the molecule is COc1ccc(C(Cl)c2cccc(Br)c2Cl)c(OC)c1Br. The van der Waals surface area contributed by atoms with Crippen LogP contribution in [0, 0.1) is 0 Å². The zero-order valence-electron chi connectivity index (χ0n) is 11.3. The fourth-order valence-electron chi connectivity index (χ4n) is 2.00. The van der Waals surface area contributed by atoms with Gasteiger partial charge in [-0.05, 0) is 55.6 Å². The summed E-state index contributed by atoms with van der Waals surface area (Å²) in [5.74, 6) is 1.31. The lowest BCUT2D eigenvalue weighted by Gasteiger charge is -2.18. The van der Waals surface area contributed by atoms with Crippen LogP contribution < -0.4 is 9.47 Å². The van der Waals surface area contributed by atoms with E-state index in [1.54, 1.807) is 14.2 Å². The van der Waals surface area contributed by atoms with Crippen molar-refractivity contribution >= 4 is 55.1 Å². The molecule has 2 aromatic carbocycles. The van der Waals surface area contributed by atoms with Crippen LogP contribution in [0.5, 0.6) is 11.5 Å². The van der Waals surface area contributed by atoms with E-state index in [0.717, 1.165) is 20.1 Å². The van der Waals surface area contributed by atoms with E-state index in [-0.39, 0.29) is 0 Å². The van der Waals surface area contributed by atoms with Gasteiger partial charge < -0.3 is 9.47 Å². The molecule has 21 heavy (non-hydrogen) atoms. The maximum atomic E-state index is 6.61. The molecule has 0 fully saturated rings. The van der Waals surface area contributed by atoms with Crippen molar-refractivity contribution in [1.29, 1.82) is 0 Å². The van der Waals surface area contributed by atoms with Crippen molar-refractivity contribution in [3.8, 4) is 11.5 Å². The molecular weight excluding hydrogens is 443 g/mol. The van der Waals surface area contributed by atoms with E-state index in [1.807, 2.05) is 30.3 Å². The maximum absolute atomic E-state index is 6.61. The van der Waals surface area contributed by atoms with E-state index in [1.165, 1.54) is 0 Å². The van der Waals surface area contributed by atoms with Crippen LogP contribution in [0.2, 0.25) is 5.02 Å². The second-order valence-electron chi connectivity index (χ2n) is 4.21. The molecule has 0 bridgehead atoms. The van der Waals surface area contributed by atoms with Gasteiger partial charge in [0.25, 0.3) is 0 Å². The fraction of sp³-hybridized carbons (Fsp3) is 0.200. The predicted molar refractivity (Wildman–Crippen MR) is 94.1 cm³/mol. The molecule has 0 amide bonds. The van der Waals surface area contributed by atoms with Crippen LogP contribution in [0.15, 0.2) is 39.3 Å². The molecular formula is C15H12Br2Cl2O2. The second-order valence-corrected chi connectivity index (χ2v) is 6.67. The Morgan fingerprint density at radius 1 is 1.00 bits per heavy atom. The molecule has 1 unspecified atom stereocenters. The maximum Gasteiger partial charge on any atom is 0.141 e. The topological polar surface area (TPSA) is 18.5 Å². The van der Waals surface area contributed by atoms with Gasteiger partial charge in [0.15, 0.2) is 0 Å². The second kappa shape index (κ2) is 7.23. The molecule has 0 saturated carbocycles. The van der Waals surface area contributed by atoms with E-state index in [0.29, 0.717) is 16.5 Å². The summed E-state index contributed by atoms with van der Waals surface area (Å²) in [5.41, 5.74) is 1.62. The minimum atomic E-state index is -0.438. The van der Waals surface area contributed by atoms with Gasteiger partial charge in [0.1, 0.15) is 16.0 Å². The summed E-state index contributed by atoms with van der Waals surface area (Å²) in [7, 11) is 3.19. The van der Waals surface area contributed by atoms with Gasteiger partial charge in [-0.2, -0.15) is 0 Å². The van der Waals surface area contributed by atoms with Crippen molar-refractivity contribution in [2.45, 2.75) is 5.38 Å². The first-order valence-corrected chi connectivity index (χ1v) is 8.39. The largest absolute Gasteiger partial charge is 0.495 e.